The molecule has 2 amide bonds. The van der Waals surface area contributed by atoms with Crippen molar-refractivity contribution in [1.29, 1.82) is 0 Å². The zero-order chi connectivity index (χ0) is 26.9. The van der Waals surface area contributed by atoms with Gasteiger partial charge < -0.3 is 14.8 Å². The number of hydrogen-bond acceptors (Lipinski definition) is 7. The maximum atomic E-state index is 13.5. The van der Waals surface area contributed by atoms with Gasteiger partial charge in [-0.3, -0.25) is 14.5 Å². The molecule has 2 aromatic carbocycles. The standard InChI is InChI=1S/C28H31N3O6S/c1-31(2)14-13-22(37-31)21-17-38-27-24(29-23(32)15-18-7-5-4-6-8-18)26(33)30(27)25(21)28(34)36-16-19-9-11-20(35-3)12-10-19/h4-12,22,24,27H,13-17H2,1-3H3/p+1/t22-,24?,27?/m0/s1. The lowest BCUT2D eigenvalue weighted by molar-refractivity contribution is -1.06. The Morgan fingerprint density at radius 2 is 1.84 bits per heavy atom. The Morgan fingerprint density at radius 3 is 2.50 bits per heavy atom. The zero-order valence-electron chi connectivity index (χ0n) is 21.7. The fraction of sp³-hybridized carbons (Fsp3) is 0.393. The summed E-state index contributed by atoms with van der Waals surface area (Å²) in [6, 6.07) is 15.9. The minimum Gasteiger partial charge on any atom is -0.497 e. The van der Waals surface area contributed by atoms with Crippen molar-refractivity contribution in [2.24, 2.45) is 0 Å². The minimum absolute atomic E-state index is 0.0593. The quantitative estimate of drug-likeness (QED) is 0.313. The summed E-state index contributed by atoms with van der Waals surface area (Å²) in [6.07, 6.45) is 0.631. The van der Waals surface area contributed by atoms with Gasteiger partial charge in [-0.1, -0.05) is 42.5 Å². The fourth-order valence-corrected chi connectivity index (χ4v) is 6.35. The van der Waals surface area contributed by atoms with Crippen LogP contribution in [0.4, 0.5) is 0 Å². The van der Waals surface area contributed by atoms with E-state index in [1.807, 2.05) is 56.6 Å². The number of rotatable bonds is 8. The lowest BCUT2D eigenvalue weighted by Crippen LogP contribution is -2.71. The SMILES string of the molecule is COc1ccc(COC(=O)C2=C([C@@H]3CC[N+](C)(C)O3)CSC3C(NC(=O)Cc4ccccc4)C(=O)N23)cc1. The van der Waals surface area contributed by atoms with E-state index in [2.05, 4.69) is 5.32 Å². The number of methoxy groups -OCH3 is 1. The first-order chi connectivity index (χ1) is 18.3. The van der Waals surface area contributed by atoms with Crippen molar-refractivity contribution in [2.45, 2.75) is 37.0 Å². The van der Waals surface area contributed by atoms with Gasteiger partial charge in [0.1, 0.15) is 42.1 Å². The van der Waals surface area contributed by atoms with Crippen LogP contribution in [0, 0.1) is 0 Å². The summed E-state index contributed by atoms with van der Waals surface area (Å²) in [4.78, 5) is 47.2. The van der Waals surface area contributed by atoms with Gasteiger partial charge in [0.2, 0.25) is 5.91 Å². The number of β-lactam (4-membered cyclic amide) rings is 1. The van der Waals surface area contributed by atoms with Crippen molar-refractivity contribution < 1.29 is 33.3 Å². The van der Waals surface area contributed by atoms with Crippen LogP contribution in [0.25, 0.3) is 0 Å². The molecule has 38 heavy (non-hydrogen) atoms. The average molecular weight is 539 g/mol. The van der Waals surface area contributed by atoms with Crippen molar-refractivity contribution in [3.05, 3.63) is 77.0 Å². The second-order valence-corrected chi connectivity index (χ2v) is 11.2. The molecule has 200 valence electrons. The molecule has 3 heterocycles. The highest BCUT2D eigenvalue weighted by Gasteiger charge is 2.56. The molecule has 2 fully saturated rings. The summed E-state index contributed by atoms with van der Waals surface area (Å²) in [5.74, 6) is 0.111. The molecule has 2 unspecified atom stereocenters. The molecule has 0 spiro atoms. The average Bonchev–Trinajstić information content (AvgIpc) is 3.29. The number of carbonyl (C=O) groups is 3. The van der Waals surface area contributed by atoms with Gasteiger partial charge >= 0.3 is 5.97 Å². The fourth-order valence-electron chi connectivity index (χ4n) is 4.94. The van der Waals surface area contributed by atoms with Crippen LogP contribution >= 0.6 is 11.8 Å². The van der Waals surface area contributed by atoms with Crippen LogP contribution in [-0.2, 0) is 37.0 Å². The number of nitrogens with zero attached hydrogens (tertiary/aromatic N) is 2. The van der Waals surface area contributed by atoms with Crippen LogP contribution < -0.4 is 10.1 Å². The highest BCUT2D eigenvalue weighted by molar-refractivity contribution is 8.00. The zero-order valence-corrected chi connectivity index (χ0v) is 22.5. The van der Waals surface area contributed by atoms with Crippen molar-refractivity contribution >= 4 is 29.5 Å². The third-order valence-electron chi connectivity index (χ3n) is 6.98. The number of quaternary nitrogens is 1. The number of carbonyl (C=O) groups excluding carboxylic acids is 3. The van der Waals surface area contributed by atoms with Gasteiger partial charge in [-0.2, -0.15) is 9.48 Å². The lowest BCUT2D eigenvalue weighted by Gasteiger charge is -2.50. The summed E-state index contributed by atoms with van der Waals surface area (Å²) in [5, 5.41) is 2.49. The molecule has 1 N–H and O–H groups in total. The molecule has 3 atom stereocenters. The summed E-state index contributed by atoms with van der Waals surface area (Å²) < 4.78 is 11.3. The van der Waals surface area contributed by atoms with E-state index in [-0.39, 0.29) is 42.0 Å². The molecule has 0 saturated carbocycles. The number of hydrogen-bond donors (Lipinski definition) is 1. The Bertz CT molecular complexity index is 1250. The largest absolute Gasteiger partial charge is 0.497 e. The van der Waals surface area contributed by atoms with Gasteiger partial charge in [0, 0.05) is 17.7 Å². The van der Waals surface area contributed by atoms with Crippen molar-refractivity contribution in [2.75, 3.05) is 33.5 Å². The molecular formula is C28H32N3O6S+. The molecule has 3 aliphatic rings. The summed E-state index contributed by atoms with van der Waals surface area (Å²) in [7, 11) is 5.52. The molecule has 2 aromatic rings. The first-order valence-corrected chi connectivity index (χ1v) is 13.6. The van der Waals surface area contributed by atoms with Gasteiger partial charge in [0.15, 0.2) is 0 Å². The van der Waals surface area contributed by atoms with E-state index in [4.69, 9.17) is 14.3 Å². The van der Waals surface area contributed by atoms with Crippen molar-refractivity contribution in [1.82, 2.24) is 10.2 Å². The Balaban J connectivity index is 1.33. The Morgan fingerprint density at radius 1 is 1.11 bits per heavy atom. The minimum atomic E-state index is -0.695. The predicted octanol–water partition coefficient (Wildman–Crippen LogP) is 2.42. The van der Waals surface area contributed by atoms with Crippen LogP contribution in [0.15, 0.2) is 65.9 Å². The van der Waals surface area contributed by atoms with Crippen LogP contribution in [0.3, 0.4) is 0 Å². The molecule has 3 aliphatic heterocycles. The maximum Gasteiger partial charge on any atom is 0.355 e. The van der Waals surface area contributed by atoms with E-state index in [0.717, 1.165) is 29.7 Å². The smallest absolute Gasteiger partial charge is 0.355 e. The van der Waals surface area contributed by atoms with Crippen molar-refractivity contribution in [3.8, 4) is 5.75 Å². The number of benzene rings is 2. The normalized spacial score (nSPS) is 23.9. The summed E-state index contributed by atoms with van der Waals surface area (Å²) in [5.41, 5.74) is 2.68. The van der Waals surface area contributed by atoms with E-state index in [1.54, 1.807) is 19.2 Å². The molecule has 10 heteroatoms. The van der Waals surface area contributed by atoms with Crippen LogP contribution in [0.1, 0.15) is 17.5 Å². The van der Waals surface area contributed by atoms with E-state index in [1.165, 1.54) is 16.7 Å². The Kier molecular flexibility index (Phi) is 7.47. The molecular weight excluding hydrogens is 506 g/mol. The van der Waals surface area contributed by atoms with Gasteiger partial charge in [-0.05, 0) is 23.3 Å². The highest BCUT2D eigenvalue weighted by atomic mass is 32.2. The maximum absolute atomic E-state index is 13.5. The Hall–Kier alpha value is -3.34. The van der Waals surface area contributed by atoms with Crippen molar-refractivity contribution in [3.63, 3.8) is 0 Å². The predicted molar refractivity (Wildman–Crippen MR) is 141 cm³/mol. The van der Waals surface area contributed by atoms with Crippen LogP contribution in [0.5, 0.6) is 5.75 Å². The summed E-state index contributed by atoms with van der Waals surface area (Å²) in [6.45, 7) is 0.853. The third-order valence-corrected chi connectivity index (χ3v) is 8.28. The first kappa shape index (κ1) is 26.3. The van der Waals surface area contributed by atoms with E-state index < -0.39 is 12.0 Å². The van der Waals surface area contributed by atoms with Gasteiger partial charge in [0.25, 0.3) is 5.91 Å². The number of esters is 1. The van der Waals surface area contributed by atoms with Gasteiger partial charge in [0.05, 0.1) is 27.6 Å². The molecule has 0 radical (unpaired) electrons. The number of ether oxygens (including phenoxy) is 2. The Labute approximate surface area is 226 Å². The molecule has 0 aromatic heterocycles. The number of amides is 2. The third kappa shape index (κ3) is 5.43. The lowest BCUT2D eigenvalue weighted by atomic mass is 9.99. The first-order valence-electron chi connectivity index (χ1n) is 12.6. The molecule has 9 nitrogen and oxygen atoms in total. The highest BCUT2D eigenvalue weighted by Crippen LogP contribution is 2.43. The number of thioether (sulfide) groups is 1. The number of fused-ring (bicyclic) bond motifs is 1. The molecule has 5 rings (SSSR count). The van der Waals surface area contributed by atoms with Gasteiger partial charge in [-0.15, -0.1) is 11.8 Å². The molecule has 2 saturated heterocycles. The van der Waals surface area contributed by atoms with Crippen LogP contribution in [0.2, 0.25) is 0 Å². The molecule has 0 bridgehead atoms. The number of hydroxylamine groups is 3. The second-order valence-electron chi connectivity index (χ2n) is 10.1. The van der Waals surface area contributed by atoms with E-state index in [0.29, 0.717) is 16.1 Å². The van der Waals surface area contributed by atoms with E-state index in [9.17, 15) is 14.4 Å². The molecule has 0 aliphatic carbocycles. The topological polar surface area (TPSA) is 94.2 Å². The monoisotopic (exact) mass is 538 g/mol. The second kappa shape index (κ2) is 10.8. The van der Waals surface area contributed by atoms with Gasteiger partial charge in [-0.25, -0.2) is 4.79 Å². The number of nitrogens with one attached hydrogen (secondary N) is 1. The van der Waals surface area contributed by atoms with E-state index >= 15 is 0 Å². The van der Waals surface area contributed by atoms with Crippen LogP contribution in [-0.4, -0.2) is 78.4 Å². The summed E-state index contributed by atoms with van der Waals surface area (Å²) >= 11 is 1.53.